The summed E-state index contributed by atoms with van der Waals surface area (Å²) in [7, 11) is 7.07. The number of rotatable bonds is 18. The third-order valence-corrected chi connectivity index (χ3v) is 17.7. The first-order valence-corrected chi connectivity index (χ1v) is 27.0. The van der Waals surface area contributed by atoms with Crippen LogP contribution in [0.25, 0.3) is 0 Å². The lowest BCUT2D eigenvalue weighted by molar-refractivity contribution is -0.0296. The molecule has 0 aromatic carbocycles. The van der Waals surface area contributed by atoms with E-state index < -0.39 is 0 Å². The van der Waals surface area contributed by atoms with Crippen molar-refractivity contribution in [2.75, 3.05) is 61.5 Å². The van der Waals surface area contributed by atoms with Crippen molar-refractivity contribution in [3.8, 4) is 0 Å². The zero-order valence-electron chi connectivity index (χ0n) is 46.3. The quantitative estimate of drug-likeness (QED) is 0.135. The van der Waals surface area contributed by atoms with Crippen LogP contribution in [0.1, 0.15) is 172 Å². The summed E-state index contributed by atoms with van der Waals surface area (Å²) in [5.41, 5.74) is 0. The Kier molecular flexibility index (Phi) is 36.4. The molecule has 7 nitrogen and oxygen atoms in total. The van der Waals surface area contributed by atoms with Crippen LogP contribution in [0.15, 0.2) is 0 Å². The average Bonchev–Trinajstić information content (AvgIpc) is 3.88. The first-order chi connectivity index (χ1) is 29.5. The predicted octanol–water partition coefficient (Wildman–Crippen LogP) is 14.8. The van der Waals surface area contributed by atoms with Crippen molar-refractivity contribution in [1.29, 1.82) is 0 Å². The molecule has 0 bridgehead atoms. The average molecular weight is 934 g/mol. The smallest absolute Gasteiger partial charge is 0.0841 e. The Labute approximate surface area is 406 Å². The van der Waals surface area contributed by atoms with Gasteiger partial charge in [-0.1, -0.05) is 152 Å². The maximum atomic E-state index is 6.09. The van der Waals surface area contributed by atoms with Crippen LogP contribution in [0, 0.1) is 88.8 Å². The van der Waals surface area contributed by atoms with Crippen LogP contribution < -0.4 is 0 Å². The minimum absolute atomic E-state index is 0. The van der Waals surface area contributed by atoms with Gasteiger partial charge in [-0.25, -0.2) is 0 Å². The molecule has 3 heterocycles. The van der Waals surface area contributed by atoms with Crippen LogP contribution in [0.4, 0.5) is 0 Å². The molecule has 0 N–H and O–H groups in total. The highest BCUT2D eigenvalue weighted by atomic mass is 32.2. The lowest BCUT2D eigenvalue weighted by Crippen LogP contribution is -2.22. The number of ether oxygens (including phenoxy) is 7. The highest BCUT2D eigenvalue weighted by Gasteiger charge is 2.42. The van der Waals surface area contributed by atoms with Gasteiger partial charge in [0.15, 0.2) is 0 Å². The molecule has 3 saturated heterocycles. The summed E-state index contributed by atoms with van der Waals surface area (Å²) in [5.74, 6) is 11.3. The summed E-state index contributed by atoms with van der Waals surface area (Å²) in [6.07, 6.45) is 6.87. The minimum Gasteiger partial charge on any atom is -0.384 e. The van der Waals surface area contributed by atoms with Gasteiger partial charge in [-0.15, -0.1) is 0 Å². The second-order valence-corrected chi connectivity index (χ2v) is 23.7. The second kappa shape index (κ2) is 35.2. The van der Waals surface area contributed by atoms with Crippen molar-refractivity contribution < 1.29 is 33.2 Å². The molecule has 1 aliphatic carbocycles. The third kappa shape index (κ3) is 22.2. The monoisotopic (exact) mass is 933 g/mol. The van der Waals surface area contributed by atoms with E-state index in [1.165, 1.54) is 19.3 Å². The molecule has 0 amide bonds. The summed E-state index contributed by atoms with van der Waals surface area (Å²) >= 11 is 2.13. The molecule has 17 unspecified atom stereocenters. The Morgan fingerprint density at radius 3 is 1.38 bits per heavy atom. The lowest BCUT2D eigenvalue weighted by Gasteiger charge is -2.21. The fourth-order valence-corrected chi connectivity index (χ4v) is 12.5. The van der Waals surface area contributed by atoms with Crippen LogP contribution in [0.3, 0.4) is 0 Å². The van der Waals surface area contributed by atoms with E-state index in [4.69, 9.17) is 33.2 Å². The first-order valence-electron chi connectivity index (χ1n) is 26.0. The normalized spacial score (nSPS) is 35.0. The molecule has 0 spiro atoms. The van der Waals surface area contributed by atoms with Gasteiger partial charge in [0.1, 0.15) is 0 Å². The fourth-order valence-electron chi connectivity index (χ4n) is 10.6. The zero-order chi connectivity index (χ0) is 48.7. The second-order valence-electron chi connectivity index (χ2n) is 22.3. The summed E-state index contributed by atoms with van der Waals surface area (Å²) in [5, 5.41) is 1.54. The van der Waals surface area contributed by atoms with Gasteiger partial charge < -0.3 is 33.2 Å². The highest BCUT2D eigenvalue weighted by Crippen LogP contribution is 2.46. The first kappa shape index (κ1) is 66.2. The van der Waals surface area contributed by atoms with E-state index in [9.17, 15) is 0 Å². The van der Waals surface area contributed by atoms with Crippen LogP contribution in [0.2, 0.25) is 0 Å². The molecule has 0 aromatic heterocycles. The largest absolute Gasteiger partial charge is 0.384 e. The zero-order valence-corrected chi connectivity index (χ0v) is 47.1. The summed E-state index contributed by atoms with van der Waals surface area (Å²) in [6, 6.07) is 0. The molecule has 64 heavy (non-hydrogen) atoms. The van der Waals surface area contributed by atoms with Crippen molar-refractivity contribution in [2.24, 2.45) is 88.8 Å². The van der Waals surface area contributed by atoms with Crippen molar-refractivity contribution in [3.63, 3.8) is 0 Å². The Morgan fingerprint density at radius 2 is 1.02 bits per heavy atom. The Bertz CT molecular complexity index is 943. The number of methoxy groups -OCH3 is 4. The van der Waals surface area contributed by atoms with Gasteiger partial charge >= 0.3 is 0 Å². The predicted molar refractivity (Wildman–Crippen MR) is 281 cm³/mol. The molecular weight excluding hydrogens is 817 g/mol. The standard InChI is InChI=1S/2C12H24O.C11H22O2.C11H22OS.C9H20O2.CH4/c1-8(2)12-6-11(7-13-5)9(3)10(12)4;1-6-7-11-9(4)10(5)12(13-11)8(2)3;2*1-7(2)11-9(4)8(3)10(13-11)6-12-5;1-5-9(7-10-4)11-6-8(2)3;/h2*8-12H,6-7H2,1-5H3;2*7-11H,6H2,1-5H3;8-9H,5-7H2,1-4H3;1H4. The number of hydrogen-bond donors (Lipinski definition) is 0. The molecule has 3 aliphatic heterocycles. The van der Waals surface area contributed by atoms with Crippen molar-refractivity contribution in [2.45, 2.75) is 213 Å². The summed E-state index contributed by atoms with van der Waals surface area (Å²) in [4.78, 5) is 0. The third-order valence-electron chi connectivity index (χ3n) is 15.5. The molecule has 4 rings (SSSR count). The van der Waals surface area contributed by atoms with Gasteiger partial charge in [0, 0.05) is 52.2 Å². The number of hydrogen-bond acceptors (Lipinski definition) is 8. The molecule has 0 aromatic rings. The topological polar surface area (TPSA) is 64.6 Å². The molecule has 388 valence electrons. The van der Waals surface area contributed by atoms with Crippen molar-refractivity contribution in [1.82, 2.24) is 0 Å². The van der Waals surface area contributed by atoms with Gasteiger partial charge in [-0.2, -0.15) is 11.8 Å². The SMILES string of the molecule is C.CCC(COC)OCC(C)C.CCCC1OC(C(C)C)C(C)C1C.COCC1CC(C(C)C)C(C)C1C.COCC1OC(C(C)C)C(C)C1C.COCC1SC(C(C)C)C(C)C1C. The van der Waals surface area contributed by atoms with Crippen molar-refractivity contribution >= 4 is 11.8 Å². The molecule has 4 fully saturated rings. The maximum absolute atomic E-state index is 6.09. The fraction of sp³-hybridized carbons (Fsp3) is 1.00. The summed E-state index contributed by atoms with van der Waals surface area (Å²) in [6.45, 7) is 49.9. The Balaban J connectivity index is 0. The minimum atomic E-state index is 0. The molecule has 0 radical (unpaired) electrons. The van der Waals surface area contributed by atoms with Crippen LogP contribution >= 0.6 is 11.8 Å². The molecule has 4 aliphatic rings. The molecule has 1 saturated carbocycles. The van der Waals surface area contributed by atoms with Gasteiger partial charge in [0.2, 0.25) is 0 Å². The van der Waals surface area contributed by atoms with Gasteiger partial charge in [0.05, 0.1) is 50.3 Å². The molecule has 8 heteroatoms. The highest BCUT2D eigenvalue weighted by molar-refractivity contribution is 8.00. The summed E-state index contributed by atoms with van der Waals surface area (Å²) < 4.78 is 38.3. The van der Waals surface area contributed by atoms with E-state index in [1.54, 1.807) is 21.3 Å². The Morgan fingerprint density at radius 1 is 0.516 bits per heavy atom. The molecular formula is C56H116O7S. The molecule has 17 atom stereocenters. The van der Waals surface area contributed by atoms with E-state index in [0.717, 1.165) is 97.3 Å². The van der Waals surface area contributed by atoms with E-state index in [1.807, 2.05) is 7.11 Å². The van der Waals surface area contributed by atoms with E-state index >= 15 is 0 Å². The maximum Gasteiger partial charge on any atom is 0.0841 e. The van der Waals surface area contributed by atoms with Crippen LogP contribution in [-0.4, -0.2) is 102 Å². The van der Waals surface area contributed by atoms with E-state index in [0.29, 0.717) is 65.9 Å². The van der Waals surface area contributed by atoms with E-state index in [-0.39, 0.29) is 13.5 Å². The van der Waals surface area contributed by atoms with Gasteiger partial charge in [0.25, 0.3) is 0 Å². The van der Waals surface area contributed by atoms with Crippen LogP contribution in [-0.2, 0) is 33.2 Å². The van der Waals surface area contributed by atoms with Crippen molar-refractivity contribution in [3.05, 3.63) is 0 Å². The Hall–Kier alpha value is 0.0700. The number of thioether (sulfide) groups is 1. The van der Waals surface area contributed by atoms with Crippen LogP contribution in [0.5, 0.6) is 0 Å². The van der Waals surface area contributed by atoms with Gasteiger partial charge in [-0.3, -0.25) is 0 Å². The lowest BCUT2D eigenvalue weighted by atomic mass is 9.84. The van der Waals surface area contributed by atoms with E-state index in [2.05, 4.69) is 150 Å². The van der Waals surface area contributed by atoms with Gasteiger partial charge in [-0.05, 0) is 108 Å².